The number of likely N-dealkylation sites (tertiary alicyclic amines) is 1. The Hall–Kier alpha value is -1.83. The maximum atomic E-state index is 13.0. The molecule has 0 unspecified atom stereocenters. The Morgan fingerprint density at radius 2 is 1.85 bits per heavy atom. The molecule has 2 aliphatic heterocycles. The van der Waals surface area contributed by atoms with E-state index < -0.39 is 11.2 Å². The van der Waals surface area contributed by atoms with E-state index in [9.17, 15) is 9.59 Å². The average Bonchev–Trinajstić information content (AvgIpc) is 3.10. The van der Waals surface area contributed by atoms with Crippen molar-refractivity contribution in [1.82, 2.24) is 4.90 Å². The topological polar surface area (TPSA) is 77.1 Å². The lowest BCUT2D eigenvalue weighted by Crippen LogP contribution is -2.53. The molecule has 8 heteroatoms. The van der Waals surface area contributed by atoms with Crippen molar-refractivity contribution >= 4 is 29.1 Å². The van der Waals surface area contributed by atoms with Crippen molar-refractivity contribution in [2.75, 3.05) is 38.7 Å². The quantitative estimate of drug-likeness (QED) is 0.792. The molecule has 1 aromatic rings. The molecule has 148 valence electrons. The van der Waals surface area contributed by atoms with E-state index in [0.29, 0.717) is 55.6 Å². The first kappa shape index (κ1) is 19.9. The molecule has 0 radical (unpaired) electrons. The number of piperidine rings is 1. The largest absolute Gasteiger partial charge is 0.495 e. The molecule has 7 nitrogen and oxygen atoms in total. The van der Waals surface area contributed by atoms with Gasteiger partial charge in [-0.25, -0.2) is 0 Å². The van der Waals surface area contributed by atoms with E-state index in [1.165, 1.54) is 7.11 Å². The molecular weight excluding hydrogens is 372 g/mol. The van der Waals surface area contributed by atoms with Gasteiger partial charge in [-0.2, -0.15) is 0 Å². The zero-order chi connectivity index (χ0) is 19.7. The van der Waals surface area contributed by atoms with Crippen LogP contribution in [0.3, 0.4) is 0 Å². The Balaban J connectivity index is 1.63. The zero-order valence-electron chi connectivity index (χ0n) is 15.8. The number of nitrogens with zero attached hydrogens (tertiary/aromatic N) is 1. The number of benzene rings is 1. The molecule has 0 atom stereocenters. The smallest absolute Gasteiger partial charge is 0.239 e. The predicted molar refractivity (Wildman–Crippen MR) is 101 cm³/mol. The number of hydrogen-bond acceptors (Lipinski definition) is 5. The van der Waals surface area contributed by atoms with Crippen LogP contribution < -0.4 is 10.1 Å². The van der Waals surface area contributed by atoms with Crippen LogP contribution in [0.1, 0.15) is 26.7 Å². The van der Waals surface area contributed by atoms with Gasteiger partial charge in [0.25, 0.3) is 0 Å². The van der Waals surface area contributed by atoms with Gasteiger partial charge < -0.3 is 24.4 Å². The Kier molecular flexibility index (Phi) is 5.65. The van der Waals surface area contributed by atoms with Crippen molar-refractivity contribution in [3.63, 3.8) is 0 Å². The van der Waals surface area contributed by atoms with Crippen LogP contribution in [0.2, 0.25) is 5.02 Å². The number of methoxy groups -OCH3 is 1. The third-order valence-electron chi connectivity index (χ3n) is 5.14. The number of hydrogen-bond donors (Lipinski definition) is 1. The van der Waals surface area contributed by atoms with Crippen LogP contribution in [0.4, 0.5) is 5.69 Å². The molecule has 2 aliphatic rings. The fraction of sp³-hybridized carbons (Fsp3) is 0.579. The summed E-state index contributed by atoms with van der Waals surface area (Å²) in [5, 5.41) is 3.15. The third-order valence-corrected chi connectivity index (χ3v) is 5.43. The molecule has 1 N–H and O–H groups in total. The molecule has 2 amide bonds. The van der Waals surface area contributed by atoms with E-state index in [4.69, 9.17) is 25.8 Å². The van der Waals surface area contributed by atoms with Crippen molar-refractivity contribution in [1.29, 1.82) is 0 Å². The van der Waals surface area contributed by atoms with E-state index in [-0.39, 0.29) is 11.8 Å². The molecule has 3 rings (SSSR count). The summed E-state index contributed by atoms with van der Waals surface area (Å²) in [7, 11) is 1.52. The monoisotopic (exact) mass is 396 g/mol. The second-order valence-electron chi connectivity index (χ2n) is 7.33. The van der Waals surface area contributed by atoms with Gasteiger partial charge in [-0.15, -0.1) is 0 Å². The first-order chi connectivity index (χ1) is 12.8. The van der Waals surface area contributed by atoms with Gasteiger partial charge in [-0.05, 0) is 32.0 Å². The van der Waals surface area contributed by atoms with Crippen molar-refractivity contribution in [2.24, 2.45) is 5.41 Å². The molecular formula is C19H25ClN2O5. The fourth-order valence-corrected chi connectivity index (χ4v) is 3.62. The van der Waals surface area contributed by atoms with Gasteiger partial charge in [0.1, 0.15) is 11.2 Å². The number of ether oxygens (including phenoxy) is 3. The van der Waals surface area contributed by atoms with Crippen LogP contribution >= 0.6 is 11.6 Å². The lowest BCUT2D eigenvalue weighted by Gasteiger charge is -2.40. The van der Waals surface area contributed by atoms with Crippen LogP contribution in [0, 0.1) is 5.41 Å². The lowest BCUT2D eigenvalue weighted by atomic mass is 9.88. The van der Waals surface area contributed by atoms with E-state index in [0.717, 1.165) is 0 Å². The maximum Gasteiger partial charge on any atom is 0.239 e. The van der Waals surface area contributed by atoms with Crippen LogP contribution in [-0.4, -0.2) is 55.9 Å². The molecule has 2 heterocycles. The van der Waals surface area contributed by atoms with Gasteiger partial charge in [0.05, 0.1) is 25.3 Å². The van der Waals surface area contributed by atoms with E-state index in [2.05, 4.69) is 5.32 Å². The predicted octanol–water partition coefficient (Wildman–Crippen LogP) is 2.68. The molecule has 2 fully saturated rings. The van der Waals surface area contributed by atoms with Crippen LogP contribution in [0.15, 0.2) is 18.2 Å². The summed E-state index contributed by atoms with van der Waals surface area (Å²) in [6, 6.07) is 4.94. The van der Waals surface area contributed by atoms with Crippen LogP contribution in [0.25, 0.3) is 0 Å². The highest BCUT2D eigenvalue weighted by atomic mass is 35.5. The minimum atomic E-state index is -1.21. The van der Waals surface area contributed by atoms with Gasteiger partial charge in [-0.1, -0.05) is 11.6 Å². The standard InChI is InChI=1S/C19H25ClN2O5/c1-18(2,16(23)21-13-4-5-15(25-3)14(20)12-13)17(24)22-8-6-19(7-9-22)26-10-11-27-19/h4-5,12H,6-11H2,1-3H3,(H,21,23). The summed E-state index contributed by atoms with van der Waals surface area (Å²) >= 11 is 6.10. The number of rotatable bonds is 4. The average molecular weight is 397 g/mol. The van der Waals surface area contributed by atoms with Crippen LogP contribution in [0.5, 0.6) is 5.75 Å². The second kappa shape index (κ2) is 7.66. The highest BCUT2D eigenvalue weighted by Gasteiger charge is 2.45. The summed E-state index contributed by atoms with van der Waals surface area (Å²) in [5.74, 6) is -0.637. The van der Waals surface area contributed by atoms with Gasteiger partial charge in [0, 0.05) is 31.6 Å². The number of carbonyl (C=O) groups is 2. The number of anilines is 1. The lowest BCUT2D eigenvalue weighted by molar-refractivity contribution is -0.189. The van der Waals surface area contributed by atoms with E-state index in [1.807, 2.05) is 0 Å². The number of halogens is 1. The molecule has 1 spiro atoms. The zero-order valence-corrected chi connectivity index (χ0v) is 16.6. The summed E-state index contributed by atoms with van der Waals surface area (Å²) < 4.78 is 16.5. The summed E-state index contributed by atoms with van der Waals surface area (Å²) in [6.45, 7) is 5.44. The molecule has 0 aliphatic carbocycles. The SMILES string of the molecule is COc1ccc(NC(=O)C(C)(C)C(=O)N2CCC3(CC2)OCCO3)cc1Cl. The van der Waals surface area contributed by atoms with E-state index >= 15 is 0 Å². The van der Waals surface area contributed by atoms with Gasteiger partial charge in [-0.3, -0.25) is 9.59 Å². The molecule has 2 saturated heterocycles. The molecule has 0 saturated carbocycles. The van der Waals surface area contributed by atoms with Crippen molar-refractivity contribution in [3.8, 4) is 5.75 Å². The Labute approximate surface area is 163 Å². The Morgan fingerprint density at radius 1 is 1.22 bits per heavy atom. The number of carbonyl (C=O) groups excluding carboxylic acids is 2. The summed E-state index contributed by atoms with van der Waals surface area (Å²) in [4.78, 5) is 27.4. The van der Waals surface area contributed by atoms with Crippen molar-refractivity contribution < 1.29 is 23.8 Å². The first-order valence-corrected chi connectivity index (χ1v) is 9.37. The normalized spacial score (nSPS) is 19.2. The van der Waals surface area contributed by atoms with Crippen molar-refractivity contribution in [3.05, 3.63) is 23.2 Å². The number of nitrogens with one attached hydrogen (secondary N) is 1. The van der Waals surface area contributed by atoms with Gasteiger partial charge in [0.2, 0.25) is 11.8 Å². The summed E-state index contributed by atoms with van der Waals surface area (Å²) in [6.07, 6.45) is 1.23. The minimum absolute atomic E-state index is 0.215. The third kappa shape index (κ3) is 4.05. The Morgan fingerprint density at radius 3 is 2.41 bits per heavy atom. The van der Waals surface area contributed by atoms with Crippen LogP contribution in [-0.2, 0) is 19.1 Å². The minimum Gasteiger partial charge on any atom is -0.495 e. The maximum absolute atomic E-state index is 13.0. The molecule has 1 aromatic carbocycles. The van der Waals surface area contributed by atoms with Gasteiger partial charge >= 0.3 is 0 Å². The van der Waals surface area contributed by atoms with Crippen molar-refractivity contribution in [2.45, 2.75) is 32.5 Å². The summed E-state index contributed by atoms with van der Waals surface area (Å²) in [5.41, 5.74) is -0.703. The fourth-order valence-electron chi connectivity index (χ4n) is 3.36. The van der Waals surface area contributed by atoms with Gasteiger partial charge in [0.15, 0.2) is 5.79 Å². The Bertz CT molecular complexity index is 721. The van der Waals surface area contributed by atoms with E-state index in [1.54, 1.807) is 36.9 Å². The second-order valence-corrected chi connectivity index (χ2v) is 7.74. The highest BCUT2D eigenvalue weighted by molar-refractivity contribution is 6.32. The highest BCUT2D eigenvalue weighted by Crippen LogP contribution is 2.33. The molecule has 0 aromatic heterocycles. The number of amides is 2. The molecule has 0 bridgehead atoms. The first-order valence-electron chi connectivity index (χ1n) is 9.00. The molecule has 27 heavy (non-hydrogen) atoms.